The molecule has 6 nitrogen and oxygen atoms in total. The van der Waals surface area contributed by atoms with E-state index in [9.17, 15) is 36.5 Å². The predicted octanol–water partition coefficient (Wildman–Crippen LogP) is 2.61. The van der Waals surface area contributed by atoms with Gasteiger partial charge in [-0.1, -0.05) is 0 Å². The van der Waals surface area contributed by atoms with E-state index in [2.05, 4.69) is 9.72 Å². The van der Waals surface area contributed by atoms with Gasteiger partial charge in [0.2, 0.25) is 5.75 Å². The number of hydrogen-bond acceptors (Lipinski definition) is 5. The minimum Gasteiger partial charge on any atom is -0.501 e. The number of nitro groups is 1. The van der Waals surface area contributed by atoms with Crippen molar-refractivity contribution in [2.24, 2.45) is 0 Å². The molecule has 12 heteroatoms. The Morgan fingerprint density at radius 2 is 1.79 bits per heavy atom. The summed E-state index contributed by atoms with van der Waals surface area (Å²) in [5.74, 6) is -5.40. The minimum absolute atomic E-state index is 0.296. The molecule has 1 rings (SSSR count). The second kappa shape index (κ2) is 4.44. The van der Waals surface area contributed by atoms with Gasteiger partial charge in [0.05, 0.1) is 0 Å². The molecule has 0 aliphatic carbocycles. The molecule has 0 fully saturated rings. The monoisotopic (exact) mass is 292 g/mol. The maximum atomic E-state index is 12.4. The van der Waals surface area contributed by atoms with Crippen LogP contribution in [0.3, 0.4) is 0 Å². The summed E-state index contributed by atoms with van der Waals surface area (Å²) in [6, 6.07) is -0.296. The van der Waals surface area contributed by atoms with Gasteiger partial charge in [-0.2, -0.15) is 13.2 Å². The fraction of sp³-hybridized carbons (Fsp3) is 0.286. The highest BCUT2D eigenvalue weighted by Crippen LogP contribution is 2.42. The molecule has 0 unspecified atom stereocenters. The van der Waals surface area contributed by atoms with Gasteiger partial charge >= 0.3 is 24.2 Å². The summed E-state index contributed by atoms with van der Waals surface area (Å²) in [4.78, 5) is 11.3. The van der Waals surface area contributed by atoms with Gasteiger partial charge in [0.25, 0.3) is 0 Å². The van der Waals surface area contributed by atoms with Gasteiger partial charge in [0.15, 0.2) is 0 Å². The molecule has 0 saturated heterocycles. The van der Waals surface area contributed by atoms with E-state index in [-0.39, 0.29) is 6.07 Å². The van der Waals surface area contributed by atoms with Crippen LogP contribution in [0, 0.1) is 10.1 Å². The van der Waals surface area contributed by atoms with E-state index in [0.29, 0.717) is 0 Å². The lowest BCUT2D eigenvalue weighted by atomic mass is 10.2. The van der Waals surface area contributed by atoms with Crippen LogP contribution in [-0.2, 0) is 6.18 Å². The number of rotatable bonds is 2. The molecule has 0 amide bonds. The van der Waals surface area contributed by atoms with Crippen molar-refractivity contribution in [3.63, 3.8) is 0 Å². The van der Waals surface area contributed by atoms with E-state index in [1.165, 1.54) is 0 Å². The van der Waals surface area contributed by atoms with Gasteiger partial charge in [0, 0.05) is 11.1 Å². The van der Waals surface area contributed by atoms with Crippen LogP contribution < -0.4 is 4.74 Å². The third-order valence-electron chi connectivity index (χ3n) is 1.65. The molecular weight excluding hydrogens is 290 g/mol. The van der Waals surface area contributed by atoms with E-state index in [0.717, 1.165) is 0 Å². The normalized spacial score (nSPS) is 12.3. The summed E-state index contributed by atoms with van der Waals surface area (Å²) in [6.45, 7) is 0. The van der Waals surface area contributed by atoms with Gasteiger partial charge in [-0.05, 0) is 4.92 Å². The molecule has 1 N–H and O–H groups in total. The molecule has 0 aliphatic rings. The average Bonchev–Trinajstić information content (AvgIpc) is 2.16. The van der Waals surface area contributed by atoms with Crippen molar-refractivity contribution in [2.45, 2.75) is 12.5 Å². The zero-order valence-corrected chi connectivity index (χ0v) is 8.41. The van der Waals surface area contributed by atoms with Crippen LogP contribution in [0.25, 0.3) is 0 Å². The second-order valence-electron chi connectivity index (χ2n) is 2.98. The summed E-state index contributed by atoms with van der Waals surface area (Å²) in [5, 5.41) is 19.3. The zero-order valence-electron chi connectivity index (χ0n) is 8.41. The topological polar surface area (TPSA) is 85.5 Å². The van der Waals surface area contributed by atoms with Crippen molar-refractivity contribution in [2.75, 3.05) is 0 Å². The smallest absolute Gasteiger partial charge is 0.501 e. The SMILES string of the molecule is O=[N+]([O-])c1nc(OC(F)(F)F)cc(C(F)(F)F)c1O. The van der Waals surface area contributed by atoms with Crippen LogP contribution in [0.1, 0.15) is 5.56 Å². The van der Waals surface area contributed by atoms with E-state index < -0.39 is 40.5 Å². The standard InChI is InChI=1S/C7H2F6N2O4/c8-6(9,10)2-1-3(19-7(11,12)13)14-5(4(2)16)15(17)18/h1,16H. The van der Waals surface area contributed by atoms with Crippen LogP contribution >= 0.6 is 0 Å². The first-order chi connectivity index (χ1) is 8.42. The van der Waals surface area contributed by atoms with Crippen molar-refractivity contribution in [1.29, 1.82) is 0 Å². The van der Waals surface area contributed by atoms with E-state index in [4.69, 9.17) is 5.11 Å². The highest BCUT2D eigenvalue weighted by molar-refractivity contribution is 5.49. The maximum Gasteiger partial charge on any atom is 0.575 e. The summed E-state index contributed by atoms with van der Waals surface area (Å²) in [5.41, 5.74) is -2.06. The molecule has 0 radical (unpaired) electrons. The van der Waals surface area contributed by atoms with Crippen LogP contribution in [-0.4, -0.2) is 21.4 Å². The summed E-state index contributed by atoms with van der Waals surface area (Å²) in [7, 11) is 0. The largest absolute Gasteiger partial charge is 0.575 e. The predicted molar refractivity (Wildman–Crippen MR) is 44.2 cm³/mol. The Morgan fingerprint density at radius 3 is 2.16 bits per heavy atom. The quantitative estimate of drug-likeness (QED) is 0.514. The van der Waals surface area contributed by atoms with Crippen LogP contribution in [0.2, 0.25) is 0 Å². The van der Waals surface area contributed by atoms with Crippen LogP contribution in [0.4, 0.5) is 32.2 Å². The summed E-state index contributed by atoms with van der Waals surface area (Å²) in [6.07, 6.45) is -10.7. The number of ether oxygens (including phenoxy) is 1. The lowest BCUT2D eigenvalue weighted by Crippen LogP contribution is -2.19. The first-order valence-electron chi connectivity index (χ1n) is 4.13. The first kappa shape index (κ1) is 14.8. The van der Waals surface area contributed by atoms with Gasteiger partial charge in [-0.3, -0.25) is 0 Å². The molecule has 0 aliphatic heterocycles. The van der Waals surface area contributed by atoms with Crippen LogP contribution in [0.15, 0.2) is 6.07 Å². The fourth-order valence-corrected chi connectivity index (χ4v) is 1.02. The van der Waals surface area contributed by atoms with Gasteiger partial charge in [-0.25, -0.2) is 0 Å². The molecule has 0 saturated carbocycles. The average molecular weight is 292 g/mol. The Balaban J connectivity index is 3.44. The van der Waals surface area contributed by atoms with Crippen molar-refractivity contribution in [1.82, 2.24) is 4.98 Å². The summed E-state index contributed by atoms with van der Waals surface area (Å²) >= 11 is 0. The molecule has 19 heavy (non-hydrogen) atoms. The number of hydrogen-bond donors (Lipinski definition) is 1. The van der Waals surface area contributed by atoms with Crippen molar-refractivity contribution in [3.8, 4) is 11.6 Å². The fourth-order valence-electron chi connectivity index (χ4n) is 1.02. The first-order valence-corrected chi connectivity index (χ1v) is 4.13. The Morgan fingerprint density at radius 1 is 1.26 bits per heavy atom. The third kappa shape index (κ3) is 3.59. The van der Waals surface area contributed by atoms with Crippen LogP contribution in [0.5, 0.6) is 11.6 Å². The molecular formula is C7H2F6N2O4. The lowest BCUT2D eigenvalue weighted by Gasteiger charge is -2.10. The Labute approximate surface area is 98.9 Å². The Bertz CT molecular complexity index is 512. The van der Waals surface area contributed by atoms with E-state index in [1.54, 1.807) is 0 Å². The Kier molecular flexibility index (Phi) is 3.45. The van der Waals surface area contributed by atoms with Crippen molar-refractivity contribution < 1.29 is 41.1 Å². The molecule has 1 aromatic rings. The van der Waals surface area contributed by atoms with Gasteiger partial charge in [0.1, 0.15) is 5.56 Å². The molecule has 0 atom stereocenters. The van der Waals surface area contributed by atoms with Gasteiger partial charge in [-0.15, -0.1) is 13.2 Å². The zero-order chi connectivity index (χ0) is 15.0. The maximum absolute atomic E-state index is 12.4. The van der Waals surface area contributed by atoms with Crippen molar-refractivity contribution >= 4 is 5.82 Å². The minimum atomic E-state index is -5.39. The molecule has 0 aromatic carbocycles. The number of alkyl halides is 6. The number of halogens is 6. The number of aromatic hydroxyl groups is 1. The molecule has 0 spiro atoms. The molecule has 106 valence electrons. The van der Waals surface area contributed by atoms with Gasteiger partial charge < -0.3 is 20.0 Å². The molecule has 0 bridgehead atoms. The van der Waals surface area contributed by atoms with E-state index >= 15 is 0 Å². The summed E-state index contributed by atoms with van der Waals surface area (Å²) < 4.78 is 75.6. The van der Waals surface area contributed by atoms with Crippen molar-refractivity contribution in [3.05, 3.63) is 21.7 Å². The molecule has 1 aromatic heterocycles. The van der Waals surface area contributed by atoms with E-state index in [1.807, 2.05) is 0 Å². The second-order valence-corrected chi connectivity index (χ2v) is 2.98. The molecule has 1 heterocycles. The highest BCUT2D eigenvalue weighted by Gasteiger charge is 2.42. The number of aromatic nitrogens is 1. The number of nitrogens with zero attached hydrogens (tertiary/aromatic N) is 2. The third-order valence-corrected chi connectivity index (χ3v) is 1.65. The lowest BCUT2D eigenvalue weighted by molar-refractivity contribution is -0.391. The highest BCUT2D eigenvalue weighted by atomic mass is 19.4. The Hall–Kier alpha value is -2.27. The number of pyridine rings is 1.